The van der Waals surface area contributed by atoms with E-state index in [1.54, 1.807) is 48.2 Å². The van der Waals surface area contributed by atoms with E-state index in [0.29, 0.717) is 22.5 Å². The molecule has 12 N–H and O–H groups in total. The number of amides is 3. The molecule has 3 saturated heterocycles. The highest BCUT2D eigenvalue weighted by molar-refractivity contribution is 6.71. The van der Waals surface area contributed by atoms with Gasteiger partial charge >= 0.3 is 0 Å². The van der Waals surface area contributed by atoms with Crippen LogP contribution in [0.2, 0.25) is 18.6 Å². The largest absolute Gasteiger partial charge is 0.432 e. The zero-order valence-corrected chi connectivity index (χ0v) is 38.1. The average Bonchev–Trinajstić information content (AvgIpc) is 3.97. The molecule has 4 aromatic rings. The van der Waals surface area contributed by atoms with Crippen LogP contribution in [0.3, 0.4) is 0 Å². The zero-order chi connectivity index (χ0) is 49.0. The molecule has 68 heavy (non-hydrogen) atoms. The lowest BCUT2D eigenvalue weighted by Gasteiger charge is -2.37. The number of carbonyl (C=O) groups excluding carboxylic acids is 3. The van der Waals surface area contributed by atoms with Crippen LogP contribution < -0.4 is 15.5 Å². The van der Waals surface area contributed by atoms with Crippen LogP contribution >= 0.6 is 0 Å². The Morgan fingerprint density at radius 2 is 1.40 bits per heavy atom. The van der Waals surface area contributed by atoms with Crippen molar-refractivity contribution in [1.82, 2.24) is 15.0 Å². The van der Waals surface area contributed by atoms with Gasteiger partial charge < -0.3 is 80.5 Å². The first kappa shape index (κ1) is 49.3. The molecule has 23 heteroatoms. The topological polar surface area (TPSA) is 339 Å². The van der Waals surface area contributed by atoms with Crippen LogP contribution in [0.4, 0.5) is 17.1 Å². The highest BCUT2D eigenvalue weighted by Gasteiger charge is 2.66. The number of hydrogen-bond acceptors (Lipinski definition) is 18. The van der Waals surface area contributed by atoms with Crippen molar-refractivity contribution in [1.29, 1.82) is 0 Å². The van der Waals surface area contributed by atoms with E-state index >= 15 is 4.79 Å². The molecule has 0 saturated carbocycles. The Morgan fingerprint density at radius 1 is 0.794 bits per heavy atom. The second-order valence-electron chi connectivity index (χ2n) is 18.3. The number of aliphatic hydroxyl groups is 9. The average molecular weight is 965 g/mol. The van der Waals surface area contributed by atoms with Crippen LogP contribution in [0, 0.1) is 5.92 Å². The summed E-state index contributed by atoms with van der Waals surface area (Å²) in [6.45, 7) is 5.28. The van der Waals surface area contributed by atoms with Gasteiger partial charge in [0.15, 0.2) is 38.7 Å². The number of nitrogens with one attached hydrogen (secondary N) is 2. The minimum absolute atomic E-state index is 0.101. The van der Waals surface area contributed by atoms with Crippen LogP contribution in [-0.2, 0) is 47.3 Å². The maximum absolute atomic E-state index is 15.3. The van der Waals surface area contributed by atoms with E-state index in [2.05, 4.69) is 20.9 Å². The minimum atomic E-state index is -3.20. The van der Waals surface area contributed by atoms with Crippen molar-refractivity contribution in [3.05, 3.63) is 101 Å². The maximum atomic E-state index is 15.3. The Kier molecular flexibility index (Phi) is 14.0. The van der Waals surface area contributed by atoms with Crippen LogP contribution in [0.15, 0.2) is 79.0 Å². The van der Waals surface area contributed by atoms with Gasteiger partial charge in [-0.15, -0.1) is 5.10 Å². The van der Waals surface area contributed by atoms with Gasteiger partial charge in [-0.05, 0) is 61.0 Å². The first-order valence-electron chi connectivity index (χ1n) is 22.1. The van der Waals surface area contributed by atoms with Gasteiger partial charge in [-0.2, -0.15) is 0 Å². The monoisotopic (exact) mass is 964 g/mol. The SMILES string of the molecule is C[C@H]1[C@H]([Si](C)(C)O)[C@@H](CCn2cc(C(CO)c3ccccc3)nn2)O[C@]12C(=O)N(Cc1cccc(NC(=O)[C@H]3O[C@@H](O)[C@H](O)[C@@H](O)[C@@H]3O)c1)c1ccc(NC(=O)[C@H]3O[C@@H](O)[C@H](O)[C@@H](O)[C@@H]3O)cc12. The summed E-state index contributed by atoms with van der Waals surface area (Å²) in [5.41, 5.74) is 0.571. The van der Waals surface area contributed by atoms with Gasteiger partial charge in [-0.3, -0.25) is 19.1 Å². The second-order valence-corrected chi connectivity index (χ2v) is 22.3. The number of carbonyl (C=O) groups is 3. The normalized spacial score (nSPS) is 33.1. The van der Waals surface area contributed by atoms with E-state index in [9.17, 15) is 60.3 Å². The molecule has 4 aliphatic rings. The lowest BCUT2D eigenvalue weighted by Crippen LogP contribution is -2.60. The predicted octanol–water partition coefficient (Wildman–Crippen LogP) is -1.69. The van der Waals surface area contributed by atoms with Crippen molar-refractivity contribution in [2.24, 2.45) is 5.92 Å². The van der Waals surface area contributed by atoms with E-state index in [4.69, 9.17) is 14.2 Å². The molecule has 3 amide bonds. The quantitative estimate of drug-likeness (QED) is 0.0666. The van der Waals surface area contributed by atoms with E-state index in [1.807, 2.05) is 37.3 Å². The number of hydrogen-bond donors (Lipinski definition) is 12. The smallest absolute Gasteiger partial charge is 0.264 e. The summed E-state index contributed by atoms with van der Waals surface area (Å²) >= 11 is 0. The number of anilines is 3. The lowest BCUT2D eigenvalue weighted by molar-refractivity contribution is -0.274. The van der Waals surface area contributed by atoms with Crippen LogP contribution in [0.5, 0.6) is 0 Å². The molecule has 4 aliphatic heterocycles. The summed E-state index contributed by atoms with van der Waals surface area (Å²) in [4.78, 5) is 55.5. The van der Waals surface area contributed by atoms with Crippen molar-refractivity contribution >= 4 is 43.1 Å². The first-order chi connectivity index (χ1) is 32.2. The maximum Gasteiger partial charge on any atom is 0.264 e. The third-order valence-electron chi connectivity index (χ3n) is 13.4. The Balaban J connectivity index is 1.10. The van der Waals surface area contributed by atoms with E-state index in [-0.39, 0.29) is 37.5 Å². The molecule has 0 aliphatic carbocycles. The van der Waals surface area contributed by atoms with Gasteiger partial charge in [0.2, 0.25) is 0 Å². The van der Waals surface area contributed by atoms with Crippen LogP contribution in [-0.4, -0.2) is 166 Å². The van der Waals surface area contributed by atoms with Crippen molar-refractivity contribution < 1.29 is 79.3 Å². The van der Waals surface area contributed by atoms with Gasteiger partial charge in [0.05, 0.1) is 36.6 Å². The summed E-state index contributed by atoms with van der Waals surface area (Å²) in [5, 5.41) is 105. The molecule has 3 aromatic carbocycles. The van der Waals surface area contributed by atoms with Gasteiger partial charge in [-0.25, -0.2) is 0 Å². The first-order valence-corrected chi connectivity index (χ1v) is 25.2. The van der Waals surface area contributed by atoms with Crippen LogP contribution in [0.1, 0.15) is 41.6 Å². The summed E-state index contributed by atoms with van der Waals surface area (Å²) in [5.74, 6) is -3.53. The van der Waals surface area contributed by atoms with Gasteiger partial charge in [0.1, 0.15) is 36.6 Å². The third kappa shape index (κ3) is 9.11. The third-order valence-corrected chi connectivity index (χ3v) is 15.9. The Hall–Kier alpha value is -5.09. The molecule has 3 fully saturated rings. The Labute approximate surface area is 390 Å². The highest BCUT2D eigenvalue weighted by Crippen LogP contribution is 2.60. The molecule has 1 unspecified atom stereocenters. The molecule has 5 heterocycles. The molecule has 22 nitrogen and oxygen atoms in total. The second kappa shape index (κ2) is 19.4. The summed E-state index contributed by atoms with van der Waals surface area (Å²) in [6, 6.07) is 20.3. The summed E-state index contributed by atoms with van der Waals surface area (Å²) in [6.07, 6.45) is -17.5. The van der Waals surface area contributed by atoms with Gasteiger partial charge in [0, 0.05) is 41.1 Å². The molecule has 8 rings (SSSR count). The predicted molar refractivity (Wildman–Crippen MR) is 238 cm³/mol. The number of benzene rings is 3. The Morgan fingerprint density at radius 3 is 1.99 bits per heavy atom. The molecule has 0 bridgehead atoms. The number of aromatic nitrogens is 3. The standard InChI is InChI=1S/C45H56N6O16Si/c1-21-39(68(2,3)64)30(14-15-50-19-28(48-49-50)26(20-52)23-9-5-4-6-10-23)67-45(21)27-17-25(47-41(60)38-34(56)32(54)36(58)43(62)66-38)12-13-29(27)51(44(45)63)18-22-8-7-11-24(16-22)46-40(59)37-33(55)31(53)35(57)42(61)65-37/h4-13,16-17,19,21,26,30-39,42-43,52-58,61-62,64H,14-15,18,20H2,1-3H3,(H,46,59)(H,47,60)/t21-,26?,30+,31-,32-,33-,34-,35+,36+,37-,38-,39-,42+,43+,45+/m0/s1. The fraction of sp³-hybridized carbons (Fsp3) is 0.489. The number of aliphatic hydroxyl groups excluding tert-OH is 9. The van der Waals surface area contributed by atoms with Crippen molar-refractivity contribution in [3.8, 4) is 0 Å². The molecule has 0 radical (unpaired) electrons. The molecule has 1 aromatic heterocycles. The molecule has 366 valence electrons. The molecular weight excluding hydrogens is 909 g/mol. The fourth-order valence-corrected chi connectivity index (χ4v) is 12.6. The Bertz CT molecular complexity index is 2480. The van der Waals surface area contributed by atoms with Crippen molar-refractivity contribution in [2.75, 3.05) is 22.1 Å². The summed E-state index contributed by atoms with van der Waals surface area (Å²) < 4.78 is 18.8. The highest BCUT2D eigenvalue weighted by atomic mass is 28.4. The zero-order valence-electron chi connectivity index (χ0n) is 37.1. The summed E-state index contributed by atoms with van der Waals surface area (Å²) in [7, 11) is -3.20. The number of aryl methyl sites for hydroxylation is 1. The lowest BCUT2D eigenvalue weighted by atomic mass is 9.82. The van der Waals surface area contributed by atoms with E-state index < -0.39 is 117 Å². The number of rotatable bonds is 13. The van der Waals surface area contributed by atoms with Crippen molar-refractivity contribution in [2.45, 2.75) is 124 Å². The minimum Gasteiger partial charge on any atom is -0.432 e. The fourth-order valence-electron chi connectivity index (χ4n) is 9.99. The van der Waals surface area contributed by atoms with E-state index in [0.717, 1.165) is 5.56 Å². The molecule has 1 spiro atoms. The number of ether oxygens (including phenoxy) is 3. The molecular formula is C45H56N6O16Si. The van der Waals surface area contributed by atoms with E-state index in [1.165, 1.54) is 23.1 Å². The number of fused-ring (bicyclic) bond motifs is 2. The van der Waals surface area contributed by atoms with Crippen LogP contribution in [0.25, 0.3) is 0 Å². The van der Waals surface area contributed by atoms with Gasteiger partial charge in [0.25, 0.3) is 17.7 Å². The van der Waals surface area contributed by atoms with Gasteiger partial charge in [-0.1, -0.05) is 54.6 Å². The number of nitrogens with zero attached hydrogens (tertiary/aromatic N) is 4. The molecule has 15 atom stereocenters. The van der Waals surface area contributed by atoms with Crippen molar-refractivity contribution in [3.63, 3.8) is 0 Å².